The number of ether oxygens (including phenoxy) is 1. The molecule has 1 saturated carbocycles. The number of hydrogen-bond donors (Lipinski definition) is 2. The zero-order valence-electron chi connectivity index (χ0n) is 18.3. The number of rotatable bonds is 5. The maximum atomic E-state index is 13.8. The molecule has 0 unspecified atom stereocenters. The van der Waals surface area contributed by atoms with E-state index in [-0.39, 0.29) is 33.2 Å². The van der Waals surface area contributed by atoms with Crippen molar-refractivity contribution >= 4 is 16.9 Å². The molecule has 1 aliphatic carbocycles. The van der Waals surface area contributed by atoms with Gasteiger partial charge in [-0.15, -0.1) is 0 Å². The Morgan fingerprint density at radius 2 is 1.67 bits per heavy atom. The first kappa shape index (κ1) is 21.0. The van der Waals surface area contributed by atoms with E-state index >= 15 is 0 Å². The summed E-state index contributed by atoms with van der Waals surface area (Å²) in [5.41, 5.74) is 14.6. The molecule has 1 fully saturated rings. The van der Waals surface area contributed by atoms with Gasteiger partial charge in [-0.1, -0.05) is 54.6 Å². The molecule has 6 heteroatoms. The van der Waals surface area contributed by atoms with Crippen LogP contribution in [0, 0.1) is 0 Å². The van der Waals surface area contributed by atoms with Gasteiger partial charge in [0.1, 0.15) is 17.1 Å². The number of carbonyl (C=O) groups is 1. The molecule has 4 aromatic rings. The van der Waals surface area contributed by atoms with E-state index in [0.29, 0.717) is 22.5 Å². The van der Waals surface area contributed by atoms with Crippen molar-refractivity contribution in [3.63, 3.8) is 0 Å². The molecule has 0 spiro atoms. The van der Waals surface area contributed by atoms with Crippen molar-refractivity contribution in [2.75, 3.05) is 7.11 Å². The van der Waals surface area contributed by atoms with Crippen molar-refractivity contribution in [1.29, 1.82) is 0 Å². The van der Waals surface area contributed by atoms with Crippen LogP contribution in [-0.4, -0.2) is 13.0 Å². The maximum absolute atomic E-state index is 13.8. The number of benzene rings is 3. The van der Waals surface area contributed by atoms with Crippen molar-refractivity contribution in [1.82, 2.24) is 0 Å². The molecule has 33 heavy (non-hydrogen) atoms. The summed E-state index contributed by atoms with van der Waals surface area (Å²) in [6.45, 7) is 0. The van der Waals surface area contributed by atoms with Crippen LogP contribution in [0.4, 0.5) is 0 Å². The molecule has 0 bridgehead atoms. The highest BCUT2D eigenvalue weighted by atomic mass is 16.5. The average Bonchev–Trinajstić information content (AvgIpc) is 2.82. The molecule has 1 aliphatic rings. The first-order valence-electron chi connectivity index (χ1n) is 10.9. The number of fused-ring (bicyclic) bond motifs is 1. The lowest BCUT2D eigenvalue weighted by molar-refractivity contribution is 0.0998. The number of methoxy groups -OCH3 is 1. The van der Waals surface area contributed by atoms with Crippen LogP contribution in [0.1, 0.15) is 35.2 Å². The summed E-state index contributed by atoms with van der Waals surface area (Å²) in [5, 5.41) is 0.262. The molecule has 5 rings (SSSR count). The minimum absolute atomic E-state index is 0.0428. The van der Waals surface area contributed by atoms with Gasteiger partial charge in [-0.3, -0.25) is 9.59 Å². The van der Waals surface area contributed by atoms with Crippen LogP contribution in [0.3, 0.4) is 0 Å². The van der Waals surface area contributed by atoms with E-state index in [9.17, 15) is 9.59 Å². The lowest BCUT2D eigenvalue weighted by Gasteiger charge is -2.38. The molecule has 0 saturated heterocycles. The number of carbonyl (C=O) groups excluding carboxylic acids is 1. The standard InChI is InChI=1S/C27H24N2O4/c1-32-20-13-12-19-23(30)21(16-8-10-18(11-9-16)27(29)14-5-15-27)24(17-6-3-2-4-7-17)33-25(19)22(20)26(28)31/h2-4,6-13H,5,14-15,29H2,1H3,(H2,28,31). The zero-order chi connectivity index (χ0) is 23.2. The lowest BCUT2D eigenvalue weighted by atomic mass is 9.72. The van der Waals surface area contributed by atoms with Crippen LogP contribution in [0.25, 0.3) is 33.4 Å². The summed E-state index contributed by atoms with van der Waals surface area (Å²) in [7, 11) is 1.44. The molecule has 4 N–H and O–H groups in total. The Morgan fingerprint density at radius 1 is 0.970 bits per heavy atom. The highest BCUT2D eigenvalue weighted by molar-refractivity contribution is 6.07. The molecule has 3 aromatic carbocycles. The zero-order valence-corrected chi connectivity index (χ0v) is 18.3. The van der Waals surface area contributed by atoms with Gasteiger partial charge in [-0.05, 0) is 42.5 Å². The van der Waals surface area contributed by atoms with Gasteiger partial charge in [-0.2, -0.15) is 0 Å². The first-order chi connectivity index (χ1) is 15.9. The second-order valence-electron chi connectivity index (χ2n) is 8.47. The summed E-state index contributed by atoms with van der Waals surface area (Å²) in [6, 6.07) is 20.3. The molecule has 0 atom stereocenters. The third kappa shape index (κ3) is 3.39. The normalized spacial score (nSPS) is 14.6. The fourth-order valence-electron chi connectivity index (χ4n) is 4.51. The van der Waals surface area contributed by atoms with E-state index in [4.69, 9.17) is 20.6 Å². The third-order valence-corrected chi connectivity index (χ3v) is 6.52. The topological polar surface area (TPSA) is 109 Å². The van der Waals surface area contributed by atoms with Gasteiger partial charge in [0.05, 0.1) is 18.1 Å². The van der Waals surface area contributed by atoms with E-state index in [1.165, 1.54) is 7.11 Å². The van der Waals surface area contributed by atoms with Crippen LogP contribution in [0.2, 0.25) is 0 Å². The monoisotopic (exact) mass is 440 g/mol. The SMILES string of the molecule is COc1ccc2c(=O)c(-c3ccc(C4(N)CCC4)cc3)c(-c3ccccc3)oc2c1C(N)=O. The Hall–Kier alpha value is -3.90. The second kappa shape index (κ2) is 7.90. The van der Waals surface area contributed by atoms with Gasteiger partial charge in [0.15, 0.2) is 5.58 Å². The molecule has 1 aromatic heterocycles. The van der Waals surface area contributed by atoms with Crippen molar-refractivity contribution in [3.05, 3.63) is 88.1 Å². The maximum Gasteiger partial charge on any atom is 0.256 e. The van der Waals surface area contributed by atoms with E-state index < -0.39 is 5.91 Å². The van der Waals surface area contributed by atoms with Crippen molar-refractivity contribution < 1.29 is 13.9 Å². The number of nitrogens with two attached hydrogens (primary N) is 2. The highest BCUT2D eigenvalue weighted by Gasteiger charge is 2.34. The number of hydrogen-bond acceptors (Lipinski definition) is 5. The first-order valence-corrected chi connectivity index (χ1v) is 10.9. The lowest BCUT2D eigenvalue weighted by Crippen LogP contribution is -2.43. The molecular weight excluding hydrogens is 416 g/mol. The summed E-state index contributed by atoms with van der Waals surface area (Å²) >= 11 is 0. The Morgan fingerprint density at radius 3 is 2.24 bits per heavy atom. The highest BCUT2D eigenvalue weighted by Crippen LogP contribution is 2.40. The Labute approximate surface area is 190 Å². The van der Waals surface area contributed by atoms with Crippen LogP contribution >= 0.6 is 0 Å². The quantitative estimate of drug-likeness (QED) is 0.472. The molecule has 0 radical (unpaired) electrons. The van der Waals surface area contributed by atoms with Crippen LogP contribution < -0.4 is 21.6 Å². The van der Waals surface area contributed by atoms with Gasteiger partial charge in [0.25, 0.3) is 5.91 Å². The Bertz CT molecular complexity index is 1420. The predicted octanol–water partition coefficient (Wildman–Crippen LogP) is 4.57. The van der Waals surface area contributed by atoms with Crippen molar-refractivity contribution in [2.24, 2.45) is 11.5 Å². The van der Waals surface area contributed by atoms with E-state index in [2.05, 4.69) is 0 Å². The van der Waals surface area contributed by atoms with Crippen LogP contribution in [0.5, 0.6) is 5.75 Å². The van der Waals surface area contributed by atoms with E-state index in [1.54, 1.807) is 12.1 Å². The molecule has 6 nitrogen and oxygen atoms in total. The van der Waals surface area contributed by atoms with Gasteiger partial charge >= 0.3 is 0 Å². The molecule has 1 heterocycles. The predicted molar refractivity (Wildman–Crippen MR) is 128 cm³/mol. The third-order valence-electron chi connectivity index (χ3n) is 6.52. The van der Waals surface area contributed by atoms with Gasteiger partial charge in [-0.25, -0.2) is 0 Å². The largest absolute Gasteiger partial charge is 0.496 e. The minimum atomic E-state index is -0.731. The molecule has 0 aliphatic heterocycles. The van der Waals surface area contributed by atoms with Crippen molar-refractivity contribution in [3.8, 4) is 28.2 Å². The summed E-state index contributed by atoms with van der Waals surface area (Å²) in [6.07, 6.45) is 3.03. The average molecular weight is 440 g/mol. The van der Waals surface area contributed by atoms with E-state index in [0.717, 1.165) is 24.8 Å². The molecule has 1 amide bonds. The van der Waals surface area contributed by atoms with Crippen molar-refractivity contribution in [2.45, 2.75) is 24.8 Å². The summed E-state index contributed by atoms with van der Waals surface area (Å²) < 4.78 is 11.6. The fraction of sp³-hybridized carbons (Fsp3) is 0.185. The second-order valence-corrected chi connectivity index (χ2v) is 8.47. The van der Waals surface area contributed by atoms with Gasteiger partial charge in [0.2, 0.25) is 5.43 Å². The summed E-state index contributed by atoms with van der Waals surface area (Å²) in [4.78, 5) is 26.0. The Balaban J connectivity index is 1.80. The van der Waals surface area contributed by atoms with E-state index in [1.807, 2.05) is 54.6 Å². The van der Waals surface area contributed by atoms with Gasteiger partial charge < -0.3 is 20.6 Å². The fourth-order valence-corrected chi connectivity index (χ4v) is 4.51. The van der Waals surface area contributed by atoms with Crippen LogP contribution in [-0.2, 0) is 5.54 Å². The Kier molecular flexibility index (Phi) is 5.02. The minimum Gasteiger partial charge on any atom is -0.496 e. The summed E-state index contributed by atoms with van der Waals surface area (Å²) in [5.74, 6) is -0.115. The van der Waals surface area contributed by atoms with Crippen LogP contribution in [0.15, 0.2) is 75.9 Å². The smallest absolute Gasteiger partial charge is 0.256 e. The molecule has 166 valence electrons. The van der Waals surface area contributed by atoms with Gasteiger partial charge in [0, 0.05) is 11.1 Å². The molecular formula is C27H24N2O4. The number of amides is 1. The number of primary amides is 1.